The lowest BCUT2D eigenvalue weighted by molar-refractivity contribution is -0.119. The molecule has 1 amide bonds. The number of aromatic amines is 1. The predicted molar refractivity (Wildman–Crippen MR) is 97.9 cm³/mol. The summed E-state index contributed by atoms with van der Waals surface area (Å²) in [5, 5.41) is 14.1. The van der Waals surface area contributed by atoms with Gasteiger partial charge in [-0.05, 0) is 55.5 Å². The molecular weight excluding hydrogens is 330 g/mol. The number of carbonyl (C=O) groups is 1. The quantitative estimate of drug-likeness (QED) is 0.756. The molecule has 7 nitrogen and oxygen atoms in total. The van der Waals surface area contributed by atoms with Gasteiger partial charge in [0.15, 0.2) is 0 Å². The number of aromatic nitrogens is 4. The van der Waals surface area contributed by atoms with E-state index in [0.717, 1.165) is 41.8 Å². The Labute approximate surface area is 150 Å². The summed E-state index contributed by atoms with van der Waals surface area (Å²) in [5.41, 5.74) is 4.25. The molecule has 3 aromatic rings. The monoisotopic (exact) mass is 349 g/mol. The summed E-state index contributed by atoms with van der Waals surface area (Å²) in [7, 11) is 0. The number of benzene rings is 1. The predicted octanol–water partition coefficient (Wildman–Crippen LogP) is 2.32. The van der Waals surface area contributed by atoms with Crippen LogP contribution < -0.4 is 10.9 Å². The van der Waals surface area contributed by atoms with E-state index in [0.29, 0.717) is 5.69 Å². The number of anilines is 1. The maximum absolute atomic E-state index is 12.6. The van der Waals surface area contributed by atoms with Crippen LogP contribution in [0.4, 0.5) is 5.69 Å². The van der Waals surface area contributed by atoms with Crippen LogP contribution in [0, 0.1) is 0 Å². The Bertz CT molecular complexity index is 990. The lowest BCUT2D eigenvalue weighted by Crippen LogP contribution is -2.33. The Balaban J connectivity index is 1.50. The van der Waals surface area contributed by atoms with E-state index in [-0.39, 0.29) is 11.5 Å². The molecule has 1 aliphatic carbocycles. The first kappa shape index (κ1) is 16.3. The summed E-state index contributed by atoms with van der Waals surface area (Å²) in [6.07, 6.45) is 4.45. The van der Waals surface area contributed by atoms with Crippen molar-refractivity contribution in [3.8, 4) is 11.3 Å². The maximum atomic E-state index is 12.6. The summed E-state index contributed by atoms with van der Waals surface area (Å²) >= 11 is 0. The molecule has 0 fully saturated rings. The topological polar surface area (TPSA) is 92.7 Å². The van der Waals surface area contributed by atoms with Crippen molar-refractivity contribution < 1.29 is 4.79 Å². The molecule has 1 aliphatic rings. The summed E-state index contributed by atoms with van der Waals surface area (Å²) in [6.45, 7) is 1.68. The number of carbonyl (C=O) groups excluding carboxylic acids is 1. The Kier molecular flexibility index (Phi) is 4.12. The molecule has 26 heavy (non-hydrogen) atoms. The molecule has 0 radical (unpaired) electrons. The van der Waals surface area contributed by atoms with Gasteiger partial charge < -0.3 is 5.32 Å². The van der Waals surface area contributed by atoms with Crippen molar-refractivity contribution in [3.63, 3.8) is 0 Å². The lowest BCUT2D eigenvalue weighted by Gasteiger charge is -2.15. The van der Waals surface area contributed by atoms with E-state index in [1.54, 1.807) is 19.2 Å². The number of amides is 1. The van der Waals surface area contributed by atoms with Crippen LogP contribution in [0.3, 0.4) is 0 Å². The first-order chi connectivity index (χ1) is 12.6. The molecule has 0 spiro atoms. The summed E-state index contributed by atoms with van der Waals surface area (Å²) in [5.74, 6) is -0.271. The van der Waals surface area contributed by atoms with Gasteiger partial charge in [0.05, 0.1) is 11.4 Å². The van der Waals surface area contributed by atoms with E-state index in [1.165, 1.54) is 4.68 Å². The fraction of sp³-hybridized carbons (Fsp3) is 0.263. The van der Waals surface area contributed by atoms with Crippen molar-refractivity contribution in [2.24, 2.45) is 0 Å². The Morgan fingerprint density at radius 2 is 2.04 bits per heavy atom. The van der Waals surface area contributed by atoms with Crippen LogP contribution in [0.15, 0.2) is 47.4 Å². The third-order valence-corrected chi connectivity index (χ3v) is 4.69. The minimum absolute atomic E-state index is 0.233. The number of aryl methyl sites for hydroxylation is 2. The fourth-order valence-electron chi connectivity index (χ4n) is 3.20. The van der Waals surface area contributed by atoms with Crippen molar-refractivity contribution >= 4 is 11.6 Å². The van der Waals surface area contributed by atoms with Gasteiger partial charge in [0.1, 0.15) is 6.04 Å². The highest BCUT2D eigenvalue weighted by molar-refractivity contribution is 5.93. The first-order valence-corrected chi connectivity index (χ1v) is 8.64. The third-order valence-electron chi connectivity index (χ3n) is 4.69. The highest BCUT2D eigenvalue weighted by atomic mass is 16.2. The molecule has 4 rings (SSSR count). The Hall–Kier alpha value is -3.22. The largest absolute Gasteiger partial charge is 0.324 e. The lowest BCUT2D eigenvalue weighted by atomic mass is 10.1. The molecule has 0 bridgehead atoms. The molecule has 2 aromatic heterocycles. The van der Waals surface area contributed by atoms with Gasteiger partial charge in [0.25, 0.3) is 5.56 Å². The van der Waals surface area contributed by atoms with Crippen LogP contribution >= 0.6 is 0 Å². The average Bonchev–Trinajstić information content (AvgIpc) is 3.32. The third kappa shape index (κ3) is 3.03. The molecule has 2 heterocycles. The summed E-state index contributed by atoms with van der Waals surface area (Å²) in [4.78, 5) is 24.8. The van der Waals surface area contributed by atoms with Crippen LogP contribution in [0.1, 0.15) is 30.6 Å². The van der Waals surface area contributed by atoms with Crippen molar-refractivity contribution in [2.75, 3.05) is 5.32 Å². The summed E-state index contributed by atoms with van der Waals surface area (Å²) in [6, 6.07) is 10.2. The maximum Gasteiger partial charge on any atom is 0.267 e. The molecule has 0 saturated heterocycles. The van der Waals surface area contributed by atoms with Crippen LogP contribution in [0.25, 0.3) is 11.3 Å². The van der Waals surface area contributed by atoms with Crippen molar-refractivity contribution in [2.45, 2.75) is 32.2 Å². The number of nitrogens with one attached hydrogen (secondary N) is 2. The number of rotatable bonds is 4. The van der Waals surface area contributed by atoms with Gasteiger partial charge in [0, 0.05) is 18.0 Å². The van der Waals surface area contributed by atoms with E-state index in [2.05, 4.69) is 20.6 Å². The average molecular weight is 349 g/mol. The molecule has 0 aliphatic heterocycles. The van der Waals surface area contributed by atoms with Gasteiger partial charge in [-0.1, -0.05) is 12.1 Å². The normalized spacial score (nSPS) is 14.0. The van der Waals surface area contributed by atoms with E-state index >= 15 is 0 Å². The van der Waals surface area contributed by atoms with Crippen LogP contribution in [0.2, 0.25) is 0 Å². The Morgan fingerprint density at radius 3 is 2.77 bits per heavy atom. The second-order valence-corrected chi connectivity index (χ2v) is 6.47. The summed E-state index contributed by atoms with van der Waals surface area (Å²) < 4.78 is 1.28. The van der Waals surface area contributed by atoms with E-state index in [4.69, 9.17) is 0 Å². The van der Waals surface area contributed by atoms with Gasteiger partial charge in [-0.25, -0.2) is 4.68 Å². The molecule has 7 heteroatoms. The van der Waals surface area contributed by atoms with Gasteiger partial charge in [-0.15, -0.1) is 0 Å². The number of hydrogen-bond donors (Lipinski definition) is 2. The smallest absolute Gasteiger partial charge is 0.267 e. The van der Waals surface area contributed by atoms with Gasteiger partial charge >= 0.3 is 0 Å². The molecular formula is C19H19N5O2. The van der Waals surface area contributed by atoms with Gasteiger partial charge in [0.2, 0.25) is 5.91 Å². The van der Waals surface area contributed by atoms with Crippen LogP contribution in [-0.4, -0.2) is 25.9 Å². The second-order valence-electron chi connectivity index (χ2n) is 6.47. The van der Waals surface area contributed by atoms with Crippen molar-refractivity contribution in [3.05, 3.63) is 64.2 Å². The van der Waals surface area contributed by atoms with E-state index < -0.39 is 6.04 Å². The zero-order valence-electron chi connectivity index (χ0n) is 14.4. The number of fused-ring (bicyclic) bond motifs is 1. The van der Waals surface area contributed by atoms with Crippen molar-refractivity contribution in [1.82, 2.24) is 20.0 Å². The number of hydrogen-bond acceptors (Lipinski definition) is 4. The number of H-pyrrole nitrogens is 1. The second kappa shape index (κ2) is 6.59. The fourth-order valence-corrected chi connectivity index (χ4v) is 3.20. The first-order valence-electron chi connectivity index (χ1n) is 8.64. The minimum atomic E-state index is -0.680. The zero-order chi connectivity index (χ0) is 18.1. The van der Waals surface area contributed by atoms with Crippen LogP contribution in [-0.2, 0) is 17.6 Å². The van der Waals surface area contributed by atoms with E-state index in [1.807, 2.05) is 30.3 Å². The zero-order valence-corrected chi connectivity index (χ0v) is 14.4. The SMILES string of the molecule is C[C@H](C(=O)Nc1ccc(-c2ccn[nH]2)cc1)n1nc2c(cc1=O)CCC2. The molecule has 1 aromatic carbocycles. The van der Waals surface area contributed by atoms with E-state index in [9.17, 15) is 9.59 Å². The highest BCUT2D eigenvalue weighted by Crippen LogP contribution is 2.20. The molecule has 132 valence electrons. The molecule has 2 N–H and O–H groups in total. The van der Waals surface area contributed by atoms with Gasteiger partial charge in [-0.3, -0.25) is 14.7 Å². The highest BCUT2D eigenvalue weighted by Gasteiger charge is 2.21. The van der Waals surface area contributed by atoms with Crippen molar-refractivity contribution in [1.29, 1.82) is 0 Å². The molecule has 0 unspecified atom stereocenters. The minimum Gasteiger partial charge on any atom is -0.324 e. The van der Waals surface area contributed by atoms with Gasteiger partial charge in [-0.2, -0.15) is 10.2 Å². The molecule has 1 atom stereocenters. The number of nitrogens with zero attached hydrogens (tertiary/aromatic N) is 3. The van der Waals surface area contributed by atoms with Crippen LogP contribution in [0.5, 0.6) is 0 Å². The molecule has 0 saturated carbocycles. The standard InChI is InChI=1S/C19H19N5O2/c1-12(24-18(25)11-14-3-2-4-17(14)23-24)19(26)21-15-7-5-13(6-8-15)16-9-10-20-22-16/h5-12H,2-4H2,1H3,(H,20,22)(H,21,26)/t12-/m1/s1. The Morgan fingerprint density at radius 1 is 1.23 bits per heavy atom.